The first-order chi connectivity index (χ1) is 9.60. The molecule has 5 heteroatoms. The van der Waals surface area contributed by atoms with E-state index in [0.29, 0.717) is 17.9 Å². The van der Waals surface area contributed by atoms with Gasteiger partial charge in [0, 0.05) is 4.47 Å². The van der Waals surface area contributed by atoms with E-state index >= 15 is 0 Å². The molecule has 0 saturated heterocycles. The van der Waals surface area contributed by atoms with Crippen LogP contribution in [0.3, 0.4) is 0 Å². The van der Waals surface area contributed by atoms with Crippen LogP contribution in [0.15, 0.2) is 46.9 Å². The molecule has 0 saturated carbocycles. The number of benzene rings is 2. The topological polar surface area (TPSA) is 68.3 Å². The number of amidine groups is 1. The normalized spacial score (nSPS) is 10.1. The predicted octanol–water partition coefficient (Wildman–Crippen LogP) is 3.32. The molecule has 2 rings (SSSR count). The number of rotatable bonds is 5. The molecule has 0 aliphatic heterocycles. The molecule has 2 aromatic rings. The van der Waals surface area contributed by atoms with Crippen molar-refractivity contribution in [2.24, 2.45) is 5.73 Å². The van der Waals surface area contributed by atoms with E-state index in [1.54, 1.807) is 13.2 Å². The maximum atomic E-state index is 7.47. The van der Waals surface area contributed by atoms with Crippen LogP contribution in [0.1, 0.15) is 11.1 Å². The van der Waals surface area contributed by atoms with Gasteiger partial charge in [0.1, 0.15) is 23.9 Å². The molecule has 0 aromatic heterocycles. The van der Waals surface area contributed by atoms with Crippen molar-refractivity contribution in [2.45, 2.75) is 6.61 Å². The molecular formula is C15H15BrN2O2. The Hall–Kier alpha value is -2.01. The van der Waals surface area contributed by atoms with Crippen molar-refractivity contribution in [1.82, 2.24) is 0 Å². The average Bonchev–Trinajstić information content (AvgIpc) is 2.44. The Morgan fingerprint density at radius 1 is 1.25 bits per heavy atom. The van der Waals surface area contributed by atoms with Gasteiger partial charge in [-0.3, -0.25) is 5.41 Å². The van der Waals surface area contributed by atoms with Crippen LogP contribution < -0.4 is 15.2 Å². The van der Waals surface area contributed by atoms with Gasteiger partial charge in [-0.1, -0.05) is 28.1 Å². The summed E-state index contributed by atoms with van der Waals surface area (Å²) >= 11 is 3.40. The van der Waals surface area contributed by atoms with E-state index in [-0.39, 0.29) is 5.84 Å². The Kier molecular flexibility index (Phi) is 4.63. The highest BCUT2D eigenvalue weighted by atomic mass is 79.9. The standard InChI is InChI=1S/C15H15BrN2O2/c1-19-14-7-10(5-6-13(14)15(17)18)9-20-12-4-2-3-11(16)8-12/h2-8H,9H2,1H3,(H3,17,18). The maximum absolute atomic E-state index is 7.47. The first-order valence-corrected chi connectivity index (χ1v) is 6.79. The Morgan fingerprint density at radius 2 is 2.05 bits per heavy atom. The lowest BCUT2D eigenvalue weighted by Gasteiger charge is -2.11. The zero-order valence-corrected chi connectivity index (χ0v) is 12.6. The zero-order valence-electron chi connectivity index (χ0n) is 11.0. The van der Waals surface area contributed by atoms with Crippen LogP contribution in [0, 0.1) is 5.41 Å². The van der Waals surface area contributed by atoms with E-state index < -0.39 is 0 Å². The fourth-order valence-electron chi connectivity index (χ4n) is 1.77. The summed E-state index contributed by atoms with van der Waals surface area (Å²) in [5.74, 6) is 1.35. The smallest absolute Gasteiger partial charge is 0.130 e. The van der Waals surface area contributed by atoms with E-state index in [1.807, 2.05) is 36.4 Å². The number of hydrogen-bond acceptors (Lipinski definition) is 3. The summed E-state index contributed by atoms with van der Waals surface area (Å²) in [6, 6.07) is 13.1. The van der Waals surface area contributed by atoms with E-state index in [4.69, 9.17) is 20.6 Å². The highest BCUT2D eigenvalue weighted by molar-refractivity contribution is 9.10. The summed E-state index contributed by atoms with van der Waals surface area (Å²) in [5.41, 5.74) is 7.02. The average molecular weight is 335 g/mol. The van der Waals surface area contributed by atoms with E-state index in [2.05, 4.69) is 15.9 Å². The lowest BCUT2D eigenvalue weighted by atomic mass is 10.1. The van der Waals surface area contributed by atoms with Gasteiger partial charge in [0.05, 0.1) is 12.7 Å². The van der Waals surface area contributed by atoms with E-state index in [1.165, 1.54) is 0 Å². The summed E-state index contributed by atoms with van der Waals surface area (Å²) in [7, 11) is 1.56. The first kappa shape index (κ1) is 14.4. The fourth-order valence-corrected chi connectivity index (χ4v) is 2.15. The van der Waals surface area contributed by atoms with Crippen LogP contribution in [-0.2, 0) is 6.61 Å². The molecule has 104 valence electrons. The van der Waals surface area contributed by atoms with Gasteiger partial charge >= 0.3 is 0 Å². The van der Waals surface area contributed by atoms with Gasteiger partial charge in [0.2, 0.25) is 0 Å². The van der Waals surface area contributed by atoms with E-state index in [9.17, 15) is 0 Å². The Morgan fingerprint density at radius 3 is 2.70 bits per heavy atom. The summed E-state index contributed by atoms with van der Waals surface area (Å²) in [6.45, 7) is 0.422. The summed E-state index contributed by atoms with van der Waals surface area (Å²) in [5, 5.41) is 7.47. The molecule has 0 amide bonds. The molecular weight excluding hydrogens is 320 g/mol. The monoisotopic (exact) mass is 334 g/mol. The third kappa shape index (κ3) is 3.51. The molecule has 0 fully saturated rings. The van der Waals surface area contributed by atoms with Crippen LogP contribution in [0.2, 0.25) is 0 Å². The molecule has 0 unspecified atom stereocenters. The molecule has 0 heterocycles. The van der Waals surface area contributed by atoms with Gasteiger partial charge in [-0.2, -0.15) is 0 Å². The number of ether oxygens (including phenoxy) is 2. The molecule has 0 atom stereocenters. The zero-order chi connectivity index (χ0) is 14.5. The highest BCUT2D eigenvalue weighted by Crippen LogP contribution is 2.22. The third-order valence-electron chi connectivity index (χ3n) is 2.76. The maximum Gasteiger partial charge on any atom is 0.130 e. The quantitative estimate of drug-likeness (QED) is 0.651. The number of nitrogen functional groups attached to an aromatic ring is 1. The van der Waals surface area contributed by atoms with Crippen molar-refractivity contribution in [1.29, 1.82) is 5.41 Å². The van der Waals surface area contributed by atoms with Crippen molar-refractivity contribution >= 4 is 21.8 Å². The SMILES string of the molecule is COc1cc(COc2cccc(Br)c2)ccc1C(=N)N. The Bertz CT molecular complexity index is 629. The second-order valence-electron chi connectivity index (χ2n) is 4.19. The van der Waals surface area contributed by atoms with Gasteiger partial charge < -0.3 is 15.2 Å². The van der Waals surface area contributed by atoms with Crippen LogP contribution >= 0.6 is 15.9 Å². The van der Waals surface area contributed by atoms with E-state index in [0.717, 1.165) is 15.8 Å². The Balaban J connectivity index is 2.12. The van der Waals surface area contributed by atoms with Crippen molar-refractivity contribution in [3.05, 3.63) is 58.1 Å². The van der Waals surface area contributed by atoms with Crippen molar-refractivity contribution in [3.63, 3.8) is 0 Å². The van der Waals surface area contributed by atoms with Crippen molar-refractivity contribution in [2.75, 3.05) is 7.11 Å². The predicted molar refractivity (Wildman–Crippen MR) is 82.5 cm³/mol. The molecule has 0 radical (unpaired) electrons. The Labute approximate surface area is 126 Å². The van der Waals surface area contributed by atoms with Gasteiger partial charge in [-0.25, -0.2) is 0 Å². The molecule has 3 N–H and O–H groups in total. The molecule has 2 aromatic carbocycles. The van der Waals surface area contributed by atoms with Crippen LogP contribution in [-0.4, -0.2) is 12.9 Å². The van der Waals surface area contributed by atoms with Gasteiger partial charge in [0.15, 0.2) is 0 Å². The fraction of sp³-hybridized carbons (Fsp3) is 0.133. The van der Waals surface area contributed by atoms with Gasteiger partial charge in [-0.05, 0) is 35.9 Å². The van der Waals surface area contributed by atoms with Crippen LogP contribution in [0.25, 0.3) is 0 Å². The summed E-state index contributed by atoms with van der Waals surface area (Å²) < 4.78 is 11.9. The lowest BCUT2D eigenvalue weighted by molar-refractivity contribution is 0.305. The molecule has 0 aliphatic rings. The second-order valence-corrected chi connectivity index (χ2v) is 5.11. The van der Waals surface area contributed by atoms with Crippen molar-refractivity contribution < 1.29 is 9.47 Å². The molecule has 0 aliphatic carbocycles. The number of methoxy groups -OCH3 is 1. The molecule has 4 nitrogen and oxygen atoms in total. The van der Waals surface area contributed by atoms with Gasteiger partial charge in [0.25, 0.3) is 0 Å². The summed E-state index contributed by atoms with van der Waals surface area (Å²) in [4.78, 5) is 0. The molecule has 0 spiro atoms. The number of nitrogens with one attached hydrogen (secondary N) is 1. The minimum absolute atomic E-state index is 0.0127. The first-order valence-electron chi connectivity index (χ1n) is 6.00. The third-order valence-corrected chi connectivity index (χ3v) is 3.25. The number of halogens is 1. The largest absolute Gasteiger partial charge is 0.496 e. The van der Waals surface area contributed by atoms with Crippen LogP contribution in [0.4, 0.5) is 0 Å². The number of hydrogen-bond donors (Lipinski definition) is 2. The minimum Gasteiger partial charge on any atom is -0.496 e. The minimum atomic E-state index is -0.0127. The number of nitrogens with two attached hydrogens (primary N) is 1. The lowest BCUT2D eigenvalue weighted by Crippen LogP contribution is -2.12. The highest BCUT2D eigenvalue weighted by Gasteiger charge is 2.07. The molecule has 20 heavy (non-hydrogen) atoms. The molecule has 0 bridgehead atoms. The van der Waals surface area contributed by atoms with Gasteiger partial charge in [-0.15, -0.1) is 0 Å². The van der Waals surface area contributed by atoms with Crippen LogP contribution in [0.5, 0.6) is 11.5 Å². The second kappa shape index (κ2) is 6.43. The summed E-state index contributed by atoms with van der Waals surface area (Å²) in [6.07, 6.45) is 0. The van der Waals surface area contributed by atoms with Crippen molar-refractivity contribution in [3.8, 4) is 11.5 Å².